The van der Waals surface area contributed by atoms with Crippen molar-refractivity contribution < 1.29 is 9.90 Å². The van der Waals surface area contributed by atoms with Crippen LogP contribution in [0.2, 0.25) is 5.02 Å². The molecule has 0 fully saturated rings. The van der Waals surface area contributed by atoms with Gasteiger partial charge in [-0.1, -0.05) is 17.7 Å². The standard InChI is InChI=1S/C15H11ClN2O2/c1-18(11-4-2-3-10(7-11)9-17)15(20)13-8-12(19)5-6-14(13)16/h2-8,19H,1H3. The molecule has 0 atom stereocenters. The summed E-state index contributed by atoms with van der Waals surface area (Å²) in [4.78, 5) is 13.7. The number of halogens is 1. The first-order valence-electron chi connectivity index (χ1n) is 5.79. The lowest BCUT2D eigenvalue weighted by molar-refractivity contribution is 0.0993. The molecule has 0 unspecified atom stereocenters. The highest BCUT2D eigenvalue weighted by Crippen LogP contribution is 2.24. The summed E-state index contributed by atoms with van der Waals surface area (Å²) in [6, 6.07) is 12.9. The van der Waals surface area contributed by atoms with Gasteiger partial charge in [0.05, 0.1) is 22.2 Å². The van der Waals surface area contributed by atoms with Gasteiger partial charge in [-0.2, -0.15) is 5.26 Å². The number of hydrogen-bond acceptors (Lipinski definition) is 3. The number of phenols is 1. The number of anilines is 1. The van der Waals surface area contributed by atoms with Gasteiger partial charge < -0.3 is 10.0 Å². The number of amides is 1. The van der Waals surface area contributed by atoms with E-state index in [-0.39, 0.29) is 22.2 Å². The molecule has 2 aromatic rings. The zero-order valence-electron chi connectivity index (χ0n) is 10.7. The van der Waals surface area contributed by atoms with Crippen LogP contribution in [0.3, 0.4) is 0 Å². The van der Waals surface area contributed by atoms with Gasteiger partial charge in [-0.25, -0.2) is 0 Å². The Morgan fingerprint density at radius 3 is 2.75 bits per heavy atom. The van der Waals surface area contributed by atoms with Crippen LogP contribution in [0.4, 0.5) is 5.69 Å². The van der Waals surface area contributed by atoms with Crippen molar-refractivity contribution in [2.24, 2.45) is 0 Å². The van der Waals surface area contributed by atoms with Crippen molar-refractivity contribution in [3.8, 4) is 11.8 Å². The molecule has 0 aliphatic carbocycles. The highest BCUT2D eigenvalue weighted by atomic mass is 35.5. The van der Waals surface area contributed by atoms with E-state index in [0.717, 1.165) is 0 Å². The van der Waals surface area contributed by atoms with Crippen LogP contribution in [0.5, 0.6) is 5.75 Å². The molecule has 4 nitrogen and oxygen atoms in total. The lowest BCUT2D eigenvalue weighted by atomic mass is 10.1. The number of carbonyl (C=O) groups excluding carboxylic acids is 1. The van der Waals surface area contributed by atoms with E-state index in [9.17, 15) is 9.90 Å². The van der Waals surface area contributed by atoms with Gasteiger partial charge in [0.2, 0.25) is 0 Å². The van der Waals surface area contributed by atoms with Gasteiger partial charge in [-0.3, -0.25) is 4.79 Å². The largest absolute Gasteiger partial charge is 0.508 e. The van der Waals surface area contributed by atoms with Crippen molar-refractivity contribution in [1.82, 2.24) is 0 Å². The molecule has 0 heterocycles. The predicted octanol–water partition coefficient (Wildman–Crippen LogP) is 3.19. The van der Waals surface area contributed by atoms with E-state index in [2.05, 4.69) is 0 Å². The normalized spacial score (nSPS) is 9.85. The van der Waals surface area contributed by atoms with E-state index in [1.165, 1.54) is 23.1 Å². The molecule has 0 saturated carbocycles. The van der Waals surface area contributed by atoms with Crippen LogP contribution in [0.1, 0.15) is 15.9 Å². The average Bonchev–Trinajstić information content (AvgIpc) is 2.48. The molecule has 20 heavy (non-hydrogen) atoms. The molecule has 1 N–H and O–H groups in total. The third kappa shape index (κ3) is 2.73. The van der Waals surface area contributed by atoms with Crippen LogP contribution < -0.4 is 4.90 Å². The Morgan fingerprint density at radius 1 is 1.30 bits per heavy atom. The average molecular weight is 287 g/mol. The predicted molar refractivity (Wildman–Crippen MR) is 77.0 cm³/mol. The van der Waals surface area contributed by atoms with Gasteiger partial charge in [-0.15, -0.1) is 0 Å². The lowest BCUT2D eigenvalue weighted by Gasteiger charge is -2.18. The summed E-state index contributed by atoms with van der Waals surface area (Å²) >= 11 is 5.97. The fourth-order valence-electron chi connectivity index (χ4n) is 1.76. The molecule has 0 radical (unpaired) electrons. The number of phenolic OH excluding ortho intramolecular Hbond substituents is 1. The van der Waals surface area contributed by atoms with Crippen molar-refractivity contribution in [3.05, 3.63) is 58.6 Å². The molecule has 0 saturated heterocycles. The van der Waals surface area contributed by atoms with Crippen molar-refractivity contribution in [2.45, 2.75) is 0 Å². The number of hydrogen-bond donors (Lipinski definition) is 1. The summed E-state index contributed by atoms with van der Waals surface area (Å²) in [5.41, 5.74) is 1.24. The Kier molecular flexibility index (Phi) is 3.92. The summed E-state index contributed by atoms with van der Waals surface area (Å²) in [6.45, 7) is 0. The van der Waals surface area contributed by atoms with Gasteiger partial charge in [0, 0.05) is 12.7 Å². The summed E-state index contributed by atoms with van der Waals surface area (Å²) < 4.78 is 0. The highest BCUT2D eigenvalue weighted by Gasteiger charge is 2.17. The van der Waals surface area contributed by atoms with E-state index in [4.69, 9.17) is 16.9 Å². The Balaban J connectivity index is 2.37. The number of nitrogens with zero attached hydrogens (tertiary/aromatic N) is 2. The maximum Gasteiger partial charge on any atom is 0.259 e. The zero-order chi connectivity index (χ0) is 14.7. The number of aromatic hydroxyl groups is 1. The lowest BCUT2D eigenvalue weighted by Crippen LogP contribution is -2.26. The monoisotopic (exact) mass is 286 g/mol. The molecule has 1 amide bonds. The van der Waals surface area contributed by atoms with Crippen LogP contribution in [0, 0.1) is 11.3 Å². The second-order valence-electron chi connectivity index (χ2n) is 4.19. The van der Waals surface area contributed by atoms with Crippen LogP contribution in [0.25, 0.3) is 0 Å². The third-order valence-corrected chi connectivity index (χ3v) is 3.18. The van der Waals surface area contributed by atoms with Crippen molar-refractivity contribution >= 4 is 23.2 Å². The molecule has 0 bridgehead atoms. The summed E-state index contributed by atoms with van der Waals surface area (Å²) in [7, 11) is 1.58. The number of carbonyl (C=O) groups is 1. The van der Waals surface area contributed by atoms with Gasteiger partial charge in [0.15, 0.2) is 0 Å². The first-order chi connectivity index (χ1) is 9.52. The van der Waals surface area contributed by atoms with Crippen LogP contribution >= 0.6 is 11.6 Å². The Hall–Kier alpha value is -2.51. The second kappa shape index (κ2) is 5.64. The maximum atomic E-state index is 12.4. The van der Waals surface area contributed by atoms with E-state index in [1.54, 1.807) is 31.3 Å². The second-order valence-corrected chi connectivity index (χ2v) is 4.60. The zero-order valence-corrected chi connectivity index (χ0v) is 11.4. The maximum absolute atomic E-state index is 12.4. The van der Waals surface area contributed by atoms with Crippen molar-refractivity contribution in [1.29, 1.82) is 5.26 Å². The SMILES string of the molecule is CN(C(=O)c1cc(O)ccc1Cl)c1cccc(C#N)c1. The Bertz CT molecular complexity index is 707. The minimum absolute atomic E-state index is 0.0306. The van der Waals surface area contributed by atoms with Crippen LogP contribution in [-0.2, 0) is 0 Å². The molecule has 0 aromatic heterocycles. The van der Waals surface area contributed by atoms with Crippen molar-refractivity contribution in [2.75, 3.05) is 11.9 Å². The first-order valence-corrected chi connectivity index (χ1v) is 6.17. The molecule has 2 rings (SSSR count). The van der Waals surface area contributed by atoms with E-state index < -0.39 is 0 Å². The molecule has 0 spiro atoms. The Labute approximate surface area is 121 Å². The number of nitriles is 1. The number of benzene rings is 2. The third-order valence-electron chi connectivity index (χ3n) is 2.85. The quantitative estimate of drug-likeness (QED) is 0.922. The highest BCUT2D eigenvalue weighted by molar-refractivity contribution is 6.34. The molecule has 0 aliphatic rings. The molecule has 5 heteroatoms. The smallest absolute Gasteiger partial charge is 0.259 e. The molecular formula is C15H11ClN2O2. The summed E-state index contributed by atoms with van der Waals surface area (Å²) in [6.07, 6.45) is 0. The van der Waals surface area contributed by atoms with E-state index in [1.807, 2.05) is 6.07 Å². The minimum Gasteiger partial charge on any atom is -0.508 e. The van der Waals surface area contributed by atoms with Gasteiger partial charge in [0.1, 0.15) is 5.75 Å². The molecule has 2 aromatic carbocycles. The number of rotatable bonds is 2. The van der Waals surface area contributed by atoms with Gasteiger partial charge in [-0.05, 0) is 36.4 Å². The van der Waals surface area contributed by atoms with Crippen LogP contribution in [-0.4, -0.2) is 18.1 Å². The molecule has 100 valence electrons. The fourth-order valence-corrected chi connectivity index (χ4v) is 1.96. The van der Waals surface area contributed by atoms with E-state index >= 15 is 0 Å². The fraction of sp³-hybridized carbons (Fsp3) is 0.0667. The molecule has 0 aliphatic heterocycles. The van der Waals surface area contributed by atoms with Gasteiger partial charge in [0.25, 0.3) is 5.91 Å². The Morgan fingerprint density at radius 2 is 2.05 bits per heavy atom. The van der Waals surface area contributed by atoms with Crippen molar-refractivity contribution in [3.63, 3.8) is 0 Å². The van der Waals surface area contributed by atoms with E-state index in [0.29, 0.717) is 11.3 Å². The van der Waals surface area contributed by atoms with Crippen LogP contribution in [0.15, 0.2) is 42.5 Å². The summed E-state index contributed by atoms with van der Waals surface area (Å²) in [5, 5.41) is 18.6. The molecular weight excluding hydrogens is 276 g/mol. The summed E-state index contributed by atoms with van der Waals surface area (Å²) in [5.74, 6) is -0.391. The van der Waals surface area contributed by atoms with Gasteiger partial charge >= 0.3 is 0 Å². The topological polar surface area (TPSA) is 64.3 Å². The first kappa shape index (κ1) is 13.9. The minimum atomic E-state index is -0.360.